The van der Waals surface area contributed by atoms with Gasteiger partial charge in [0.2, 0.25) is 0 Å². The lowest BCUT2D eigenvalue weighted by molar-refractivity contribution is -0.385. The van der Waals surface area contributed by atoms with Crippen molar-refractivity contribution in [1.82, 2.24) is 4.90 Å². The molecule has 0 spiro atoms. The smallest absolute Gasteiger partial charge is 0.283 e. The van der Waals surface area contributed by atoms with E-state index in [4.69, 9.17) is 11.6 Å². The highest BCUT2D eigenvalue weighted by atomic mass is 35.5. The number of carbonyl (C=O) groups is 1. The summed E-state index contributed by atoms with van der Waals surface area (Å²) in [6.07, 6.45) is 1.44. The molecule has 114 valence electrons. The summed E-state index contributed by atoms with van der Waals surface area (Å²) in [6, 6.07) is 3.64. The van der Waals surface area contributed by atoms with Crippen molar-refractivity contribution in [3.05, 3.63) is 38.9 Å². The molecule has 0 bridgehead atoms. The zero-order valence-electron chi connectivity index (χ0n) is 11.9. The Kier molecular flexibility index (Phi) is 4.20. The maximum absolute atomic E-state index is 12.6. The Morgan fingerprint density at radius 2 is 2.19 bits per heavy atom. The van der Waals surface area contributed by atoms with Gasteiger partial charge in [0.15, 0.2) is 0 Å². The van der Waals surface area contributed by atoms with Gasteiger partial charge < -0.3 is 10.0 Å². The van der Waals surface area contributed by atoms with Crippen molar-refractivity contribution >= 4 is 23.2 Å². The number of hydrogen-bond acceptors (Lipinski definition) is 4. The van der Waals surface area contributed by atoms with E-state index in [1.54, 1.807) is 13.8 Å². The molecule has 0 aliphatic carbocycles. The number of halogens is 1. The van der Waals surface area contributed by atoms with E-state index < -0.39 is 16.4 Å². The lowest BCUT2D eigenvalue weighted by atomic mass is 9.96. The van der Waals surface area contributed by atoms with Crippen LogP contribution in [0.5, 0.6) is 0 Å². The maximum atomic E-state index is 12.6. The highest BCUT2D eigenvalue weighted by Gasteiger charge is 2.40. The monoisotopic (exact) mass is 312 g/mol. The van der Waals surface area contributed by atoms with Crippen LogP contribution in [0.4, 0.5) is 5.69 Å². The van der Waals surface area contributed by atoms with E-state index in [1.165, 1.54) is 23.1 Å². The van der Waals surface area contributed by atoms with Crippen LogP contribution in [0.3, 0.4) is 0 Å². The molecule has 21 heavy (non-hydrogen) atoms. The van der Waals surface area contributed by atoms with Gasteiger partial charge in [-0.15, -0.1) is 0 Å². The van der Waals surface area contributed by atoms with Crippen molar-refractivity contribution in [3.8, 4) is 0 Å². The fourth-order valence-corrected chi connectivity index (χ4v) is 2.90. The SMILES string of the molecule is CC(C)(O)C1CCCN1C(=O)c1ccc(Cl)cc1[N+](=O)[O-]. The Balaban J connectivity index is 2.38. The zero-order valence-corrected chi connectivity index (χ0v) is 12.6. The maximum Gasteiger partial charge on any atom is 0.283 e. The Morgan fingerprint density at radius 1 is 1.52 bits per heavy atom. The minimum Gasteiger partial charge on any atom is -0.388 e. The first-order valence-corrected chi connectivity index (χ1v) is 7.07. The minimum atomic E-state index is -1.05. The van der Waals surface area contributed by atoms with E-state index >= 15 is 0 Å². The number of aliphatic hydroxyl groups is 1. The number of hydrogen-bond donors (Lipinski definition) is 1. The molecule has 1 unspecified atom stereocenters. The molecule has 1 heterocycles. The second-order valence-corrected chi connectivity index (χ2v) is 6.17. The summed E-state index contributed by atoms with van der Waals surface area (Å²) in [7, 11) is 0. The largest absolute Gasteiger partial charge is 0.388 e. The van der Waals surface area contributed by atoms with E-state index in [-0.39, 0.29) is 22.3 Å². The molecular formula is C14H17ClN2O4. The second-order valence-electron chi connectivity index (χ2n) is 5.73. The van der Waals surface area contributed by atoms with Crippen LogP contribution >= 0.6 is 11.6 Å². The molecule has 1 amide bonds. The summed E-state index contributed by atoms with van der Waals surface area (Å²) in [4.78, 5) is 24.6. The summed E-state index contributed by atoms with van der Waals surface area (Å²) in [6.45, 7) is 3.76. The highest BCUT2D eigenvalue weighted by Crippen LogP contribution is 2.31. The van der Waals surface area contributed by atoms with Gasteiger partial charge in [0.1, 0.15) is 5.56 Å². The van der Waals surface area contributed by atoms with Crippen LogP contribution in [0, 0.1) is 10.1 Å². The molecule has 0 radical (unpaired) electrons. The average Bonchev–Trinajstić information content (AvgIpc) is 2.86. The predicted octanol–water partition coefficient (Wildman–Crippen LogP) is 2.62. The van der Waals surface area contributed by atoms with Crippen LogP contribution in [0.15, 0.2) is 18.2 Å². The third kappa shape index (κ3) is 3.16. The summed E-state index contributed by atoms with van der Waals surface area (Å²) < 4.78 is 0. The first kappa shape index (κ1) is 15.7. The molecular weight excluding hydrogens is 296 g/mol. The zero-order chi connectivity index (χ0) is 15.8. The summed E-state index contributed by atoms with van der Waals surface area (Å²) in [5, 5.41) is 21.5. The van der Waals surface area contributed by atoms with E-state index in [0.717, 1.165) is 6.42 Å². The van der Waals surface area contributed by atoms with Crippen molar-refractivity contribution in [1.29, 1.82) is 0 Å². The topological polar surface area (TPSA) is 83.7 Å². The summed E-state index contributed by atoms with van der Waals surface area (Å²) in [5.74, 6) is -0.442. The molecule has 1 N–H and O–H groups in total. The molecule has 1 fully saturated rings. The van der Waals surface area contributed by atoms with Gasteiger partial charge >= 0.3 is 0 Å². The van der Waals surface area contributed by atoms with E-state index in [9.17, 15) is 20.0 Å². The van der Waals surface area contributed by atoms with Gasteiger partial charge in [-0.05, 0) is 38.8 Å². The highest BCUT2D eigenvalue weighted by molar-refractivity contribution is 6.31. The van der Waals surface area contributed by atoms with Crippen LogP contribution in [0.2, 0.25) is 5.02 Å². The van der Waals surface area contributed by atoms with E-state index in [2.05, 4.69) is 0 Å². The van der Waals surface area contributed by atoms with Gasteiger partial charge in [0.05, 0.1) is 16.6 Å². The number of nitrogens with zero attached hydrogens (tertiary/aromatic N) is 2. The van der Waals surface area contributed by atoms with Crippen molar-refractivity contribution in [2.45, 2.75) is 38.3 Å². The number of likely N-dealkylation sites (tertiary alicyclic amines) is 1. The van der Waals surface area contributed by atoms with Crippen molar-refractivity contribution in [3.63, 3.8) is 0 Å². The Labute approximate surface area is 127 Å². The summed E-state index contributed by atoms with van der Waals surface area (Å²) in [5.41, 5.74) is -1.36. The van der Waals surface area contributed by atoms with Crippen LogP contribution in [0.1, 0.15) is 37.0 Å². The molecule has 0 aromatic heterocycles. The predicted molar refractivity (Wildman–Crippen MR) is 78.5 cm³/mol. The number of benzene rings is 1. The molecule has 2 rings (SSSR count). The van der Waals surface area contributed by atoms with Crippen molar-refractivity contribution in [2.75, 3.05) is 6.54 Å². The van der Waals surface area contributed by atoms with Gasteiger partial charge in [0.25, 0.3) is 11.6 Å². The molecule has 1 saturated heterocycles. The van der Waals surface area contributed by atoms with Crippen molar-refractivity contribution in [2.24, 2.45) is 0 Å². The van der Waals surface area contributed by atoms with Crippen LogP contribution < -0.4 is 0 Å². The molecule has 0 saturated carbocycles. The van der Waals surface area contributed by atoms with Gasteiger partial charge in [-0.1, -0.05) is 11.6 Å². The molecule has 1 aliphatic rings. The van der Waals surface area contributed by atoms with Gasteiger partial charge in [-0.25, -0.2) is 0 Å². The Morgan fingerprint density at radius 3 is 2.76 bits per heavy atom. The first-order valence-electron chi connectivity index (χ1n) is 6.69. The molecule has 1 atom stereocenters. The lowest BCUT2D eigenvalue weighted by Gasteiger charge is -2.33. The quantitative estimate of drug-likeness (QED) is 0.687. The average molecular weight is 313 g/mol. The minimum absolute atomic E-state index is 0.000509. The second kappa shape index (κ2) is 5.61. The standard InChI is InChI=1S/C14H17ClN2O4/c1-14(2,19)12-4-3-7-16(12)13(18)10-6-5-9(15)8-11(10)17(20)21/h5-6,8,12,19H,3-4,7H2,1-2H3. The lowest BCUT2D eigenvalue weighted by Crippen LogP contribution is -2.48. The molecule has 7 heteroatoms. The number of rotatable bonds is 3. The van der Waals surface area contributed by atoms with Gasteiger partial charge in [-0.2, -0.15) is 0 Å². The molecule has 1 aromatic rings. The number of carbonyl (C=O) groups excluding carboxylic acids is 1. The van der Waals surface area contributed by atoms with E-state index in [1.807, 2.05) is 0 Å². The van der Waals surface area contributed by atoms with Crippen molar-refractivity contribution < 1.29 is 14.8 Å². The Bertz CT molecular complexity index is 583. The fraction of sp³-hybridized carbons (Fsp3) is 0.500. The molecule has 1 aromatic carbocycles. The van der Waals surface area contributed by atoms with Crippen LogP contribution in [0.25, 0.3) is 0 Å². The third-order valence-electron chi connectivity index (χ3n) is 3.72. The van der Waals surface area contributed by atoms with Gasteiger partial charge in [0, 0.05) is 17.6 Å². The number of amides is 1. The normalized spacial score (nSPS) is 18.9. The van der Waals surface area contributed by atoms with Gasteiger partial charge in [-0.3, -0.25) is 14.9 Å². The third-order valence-corrected chi connectivity index (χ3v) is 3.95. The molecule has 1 aliphatic heterocycles. The molecule has 6 nitrogen and oxygen atoms in total. The fourth-order valence-electron chi connectivity index (χ4n) is 2.74. The Hall–Kier alpha value is -1.66. The number of nitro groups is 1. The van der Waals surface area contributed by atoms with Crippen LogP contribution in [-0.4, -0.2) is 39.0 Å². The number of nitro benzene ring substituents is 1. The van der Waals surface area contributed by atoms with E-state index in [0.29, 0.717) is 13.0 Å². The van der Waals surface area contributed by atoms with Crippen LogP contribution in [-0.2, 0) is 0 Å². The summed E-state index contributed by atoms with van der Waals surface area (Å²) >= 11 is 5.76. The first-order chi connectivity index (χ1) is 9.71.